The maximum Gasteiger partial charge on any atom is 0.358 e. The number of nitrogens with zero attached hydrogens (tertiary/aromatic N) is 2. The third kappa shape index (κ3) is 2.69. The highest BCUT2D eigenvalue weighted by atomic mass is 32.1. The van der Waals surface area contributed by atoms with Crippen molar-refractivity contribution in [2.75, 3.05) is 24.6 Å². The van der Waals surface area contributed by atoms with E-state index in [1.54, 1.807) is 6.92 Å². The molecule has 2 fully saturated rings. The van der Waals surface area contributed by atoms with Gasteiger partial charge < -0.3 is 9.64 Å². The number of esters is 1. The Bertz CT molecular complexity index is 557. The molecule has 0 amide bonds. The van der Waals surface area contributed by atoms with Gasteiger partial charge in [0.2, 0.25) is 0 Å². The number of carbonyl (C=O) groups is 2. The van der Waals surface area contributed by atoms with Crippen molar-refractivity contribution in [3.8, 4) is 0 Å². The summed E-state index contributed by atoms with van der Waals surface area (Å²) in [6, 6.07) is 0. The Morgan fingerprint density at radius 1 is 1.33 bits per heavy atom. The fourth-order valence-electron chi connectivity index (χ4n) is 3.41. The molecule has 2 unspecified atom stereocenters. The van der Waals surface area contributed by atoms with Gasteiger partial charge in [-0.05, 0) is 31.6 Å². The smallest absolute Gasteiger partial charge is 0.358 e. The van der Waals surface area contributed by atoms with Crippen LogP contribution < -0.4 is 4.90 Å². The molecule has 0 radical (unpaired) electrons. The summed E-state index contributed by atoms with van der Waals surface area (Å²) in [5.74, 6) is 0.882. The molecule has 0 aromatic carbocycles. The topological polar surface area (TPSA) is 59.5 Å². The lowest BCUT2D eigenvalue weighted by Crippen LogP contribution is -2.20. The lowest BCUT2D eigenvalue weighted by Gasteiger charge is -2.15. The Hall–Kier alpha value is -1.43. The number of carbonyl (C=O) groups excluding carboxylic acids is 2. The number of Topliss-reactive ketones (excluding diaryl/α,β-unsaturated/α-hetero) is 1. The third-order valence-electron chi connectivity index (χ3n) is 4.40. The fraction of sp³-hybridized carbons (Fsp3) is 0.667. The van der Waals surface area contributed by atoms with Crippen molar-refractivity contribution >= 4 is 28.2 Å². The molecule has 21 heavy (non-hydrogen) atoms. The molecule has 1 aromatic rings. The number of fused-ring (bicyclic) bond motifs is 1. The maximum atomic E-state index is 11.9. The first-order valence-electron chi connectivity index (χ1n) is 7.54. The van der Waals surface area contributed by atoms with Crippen LogP contribution in [0, 0.1) is 11.8 Å². The highest BCUT2D eigenvalue weighted by Crippen LogP contribution is 2.41. The SMILES string of the molecule is CCOC(=O)c1nc(N2CC3CCCC3C2)sc1C(C)=O. The highest BCUT2D eigenvalue weighted by molar-refractivity contribution is 7.17. The van der Waals surface area contributed by atoms with Crippen LogP contribution in [0.5, 0.6) is 0 Å². The van der Waals surface area contributed by atoms with E-state index in [1.807, 2.05) is 0 Å². The van der Waals surface area contributed by atoms with E-state index >= 15 is 0 Å². The summed E-state index contributed by atoms with van der Waals surface area (Å²) in [4.78, 5) is 30.7. The van der Waals surface area contributed by atoms with Crippen LogP contribution in [0.3, 0.4) is 0 Å². The molecule has 2 heterocycles. The van der Waals surface area contributed by atoms with Crippen molar-refractivity contribution in [2.24, 2.45) is 11.8 Å². The van der Waals surface area contributed by atoms with Gasteiger partial charge in [-0.25, -0.2) is 9.78 Å². The normalized spacial score (nSPS) is 24.2. The van der Waals surface area contributed by atoms with Crippen LogP contribution in [-0.2, 0) is 4.74 Å². The Morgan fingerprint density at radius 3 is 2.57 bits per heavy atom. The second-order valence-electron chi connectivity index (χ2n) is 5.81. The summed E-state index contributed by atoms with van der Waals surface area (Å²) < 4.78 is 5.00. The second kappa shape index (κ2) is 5.75. The van der Waals surface area contributed by atoms with Gasteiger partial charge in [-0.3, -0.25) is 4.79 Å². The van der Waals surface area contributed by atoms with Gasteiger partial charge in [0.1, 0.15) is 4.88 Å². The van der Waals surface area contributed by atoms with Crippen LogP contribution in [0.15, 0.2) is 0 Å². The number of anilines is 1. The zero-order valence-electron chi connectivity index (χ0n) is 12.4. The molecule has 1 aliphatic carbocycles. The molecule has 0 N–H and O–H groups in total. The Kier molecular flexibility index (Phi) is 3.97. The lowest BCUT2D eigenvalue weighted by molar-refractivity contribution is 0.0517. The molecule has 114 valence electrons. The van der Waals surface area contributed by atoms with Crippen LogP contribution in [0.1, 0.15) is 53.3 Å². The Balaban J connectivity index is 1.85. The number of ether oxygens (including phenoxy) is 1. The minimum atomic E-state index is -0.496. The van der Waals surface area contributed by atoms with Crippen molar-refractivity contribution < 1.29 is 14.3 Å². The van der Waals surface area contributed by atoms with Crippen molar-refractivity contribution in [2.45, 2.75) is 33.1 Å². The molecule has 2 atom stereocenters. The van der Waals surface area contributed by atoms with E-state index in [9.17, 15) is 9.59 Å². The van der Waals surface area contributed by atoms with E-state index in [0.717, 1.165) is 30.1 Å². The van der Waals surface area contributed by atoms with Crippen LogP contribution in [0.2, 0.25) is 0 Å². The summed E-state index contributed by atoms with van der Waals surface area (Å²) in [5, 5.41) is 0.789. The quantitative estimate of drug-likeness (QED) is 0.632. The first-order valence-corrected chi connectivity index (χ1v) is 8.35. The molecule has 5 nitrogen and oxygen atoms in total. The summed E-state index contributed by atoms with van der Waals surface area (Å²) in [7, 11) is 0. The van der Waals surface area contributed by atoms with Gasteiger partial charge in [0, 0.05) is 20.0 Å². The van der Waals surface area contributed by atoms with Gasteiger partial charge in [0.25, 0.3) is 0 Å². The average molecular weight is 308 g/mol. The summed E-state index contributed by atoms with van der Waals surface area (Å²) in [5.41, 5.74) is 0.182. The molecule has 0 bridgehead atoms. The summed E-state index contributed by atoms with van der Waals surface area (Å²) in [6.07, 6.45) is 3.90. The maximum absolute atomic E-state index is 11.9. The van der Waals surface area contributed by atoms with Crippen LogP contribution in [-0.4, -0.2) is 36.4 Å². The lowest BCUT2D eigenvalue weighted by atomic mass is 10.0. The predicted octanol–water partition coefficient (Wildman–Crippen LogP) is 2.76. The molecule has 6 heteroatoms. The van der Waals surface area contributed by atoms with Gasteiger partial charge in [0.15, 0.2) is 16.6 Å². The van der Waals surface area contributed by atoms with Crippen molar-refractivity contribution in [3.05, 3.63) is 10.6 Å². The van der Waals surface area contributed by atoms with Gasteiger partial charge in [-0.2, -0.15) is 0 Å². The predicted molar refractivity (Wildman–Crippen MR) is 81.1 cm³/mol. The molecule has 1 aromatic heterocycles. The zero-order valence-corrected chi connectivity index (χ0v) is 13.2. The first-order chi connectivity index (χ1) is 10.1. The number of hydrogen-bond acceptors (Lipinski definition) is 6. The van der Waals surface area contributed by atoms with E-state index in [2.05, 4.69) is 9.88 Å². The van der Waals surface area contributed by atoms with E-state index in [1.165, 1.54) is 37.5 Å². The van der Waals surface area contributed by atoms with Crippen LogP contribution in [0.25, 0.3) is 0 Å². The number of aromatic nitrogens is 1. The minimum Gasteiger partial charge on any atom is -0.461 e. The molecule has 0 spiro atoms. The average Bonchev–Trinajstić information content (AvgIpc) is 3.11. The van der Waals surface area contributed by atoms with Crippen LogP contribution in [0.4, 0.5) is 5.13 Å². The summed E-state index contributed by atoms with van der Waals surface area (Å²) >= 11 is 1.32. The largest absolute Gasteiger partial charge is 0.461 e. The minimum absolute atomic E-state index is 0.124. The van der Waals surface area contributed by atoms with Gasteiger partial charge >= 0.3 is 5.97 Å². The highest BCUT2D eigenvalue weighted by Gasteiger charge is 2.38. The second-order valence-corrected chi connectivity index (χ2v) is 6.78. The standard InChI is InChI=1S/C15H20N2O3S/c1-3-20-14(19)12-13(9(2)18)21-15(16-12)17-7-10-5-4-6-11(10)8-17/h10-11H,3-8H2,1-2H3. The van der Waals surface area contributed by atoms with Crippen LogP contribution >= 0.6 is 11.3 Å². The van der Waals surface area contributed by atoms with Crippen molar-refractivity contribution in [1.82, 2.24) is 4.98 Å². The number of thiazole rings is 1. The number of ketones is 1. The van der Waals surface area contributed by atoms with Gasteiger partial charge in [-0.1, -0.05) is 17.8 Å². The van der Waals surface area contributed by atoms with Crippen molar-refractivity contribution in [1.29, 1.82) is 0 Å². The van der Waals surface area contributed by atoms with Crippen molar-refractivity contribution in [3.63, 3.8) is 0 Å². The molecule has 1 saturated carbocycles. The van der Waals surface area contributed by atoms with Gasteiger partial charge in [0.05, 0.1) is 6.61 Å². The molecule has 3 rings (SSSR count). The van der Waals surface area contributed by atoms with E-state index < -0.39 is 5.97 Å². The first kappa shape index (κ1) is 14.5. The summed E-state index contributed by atoms with van der Waals surface area (Å²) in [6.45, 7) is 5.51. The molecular weight excluding hydrogens is 288 g/mol. The molecule has 1 aliphatic heterocycles. The third-order valence-corrected chi connectivity index (χ3v) is 5.62. The van der Waals surface area contributed by atoms with Gasteiger partial charge in [-0.15, -0.1) is 0 Å². The molecule has 2 aliphatic rings. The fourth-order valence-corrected chi connectivity index (χ4v) is 4.38. The molecular formula is C15H20N2O3S. The number of hydrogen-bond donors (Lipinski definition) is 0. The van der Waals surface area contributed by atoms with E-state index in [0.29, 0.717) is 4.88 Å². The Morgan fingerprint density at radius 2 is 2.00 bits per heavy atom. The van der Waals surface area contributed by atoms with E-state index in [4.69, 9.17) is 4.74 Å². The zero-order chi connectivity index (χ0) is 15.0. The monoisotopic (exact) mass is 308 g/mol. The number of rotatable bonds is 4. The molecule has 1 saturated heterocycles. The Labute approximate surface area is 128 Å². The van der Waals surface area contributed by atoms with E-state index in [-0.39, 0.29) is 18.1 Å².